The van der Waals surface area contributed by atoms with Gasteiger partial charge in [-0.05, 0) is 48.9 Å². The number of carbonyl (C=O) groups is 1. The molecule has 0 unspecified atom stereocenters. The Morgan fingerprint density at radius 2 is 1.83 bits per heavy atom. The SMILES string of the molecule is Cl.NC[C@]1(c2cccc(Cl)c2)CC[C@@H](NCCNC(=O)OCc2ccccc2)CC1. The van der Waals surface area contributed by atoms with Crippen molar-refractivity contribution in [2.24, 2.45) is 5.73 Å². The summed E-state index contributed by atoms with van der Waals surface area (Å²) in [6.45, 7) is 2.18. The molecule has 1 aliphatic rings. The summed E-state index contributed by atoms with van der Waals surface area (Å²) < 4.78 is 5.22. The van der Waals surface area contributed by atoms with Crippen molar-refractivity contribution in [2.45, 2.75) is 43.7 Å². The fourth-order valence-electron chi connectivity index (χ4n) is 4.02. The van der Waals surface area contributed by atoms with Gasteiger partial charge in [-0.25, -0.2) is 4.79 Å². The van der Waals surface area contributed by atoms with Crippen molar-refractivity contribution in [1.29, 1.82) is 0 Å². The molecule has 0 saturated heterocycles. The molecule has 164 valence electrons. The first kappa shape index (κ1) is 24.5. The smallest absolute Gasteiger partial charge is 0.407 e. The van der Waals surface area contributed by atoms with Crippen LogP contribution in [0.25, 0.3) is 0 Å². The molecular weight excluding hydrogens is 421 g/mol. The summed E-state index contributed by atoms with van der Waals surface area (Å²) in [6, 6.07) is 18.2. The first-order valence-corrected chi connectivity index (χ1v) is 10.6. The van der Waals surface area contributed by atoms with Crippen molar-refractivity contribution in [1.82, 2.24) is 10.6 Å². The van der Waals surface area contributed by atoms with Gasteiger partial charge in [-0.3, -0.25) is 0 Å². The normalized spacial score (nSPS) is 20.8. The number of benzene rings is 2. The average molecular weight is 452 g/mol. The Labute approximate surface area is 190 Å². The molecule has 0 radical (unpaired) electrons. The molecule has 0 aliphatic heterocycles. The molecule has 0 bridgehead atoms. The number of alkyl carbamates (subject to hydrolysis) is 1. The predicted octanol–water partition coefficient (Wildman–Crippen LogP) is 4.42. The molecule has 1 fully saturated rings. The fourth-order valence-corrected chi connectivity index (χ4v) is 4.21. The van der Waals surface area contributed by atoms with Crippen LogP contribution < -0.4 is 16.4 Å². The number of rotatable bonds is 8. The van der Waals surface area contributed by atoms with Crippen LogP contribution in [-0.2, 0) is 16.8 Å². The zero-order valence-corrected chi connectivity index (χ0v) is 18.7. The summed E-state index contributed by atoms with van der Waals surface area (Å²) in [5.41, 5.74) is 8.40. The topological polar surface area (TPSA) is 76.4 Å². The van der Waals surface area contributed by atoms with Crippen molar-refractivity contribution in [3.8, 4) is 0 Å². The maximum Gasteiger partial charge on any atom is 0.407 e. The molecule has 0 aromatic heterocycles. The van der Waals surface area contributed by atoms with E-state index in [2.05, 4.69) is 16.7 Å². The third-order valence-corrected chi connectivity index (χ3v) is 6.05. The maximum absolute atomic E-state index is 11.8. The highest BCUT2D eigenvalue weighted by atomic mass is 35.5. The highest BCUT2D eigenvalue weighted by Crippen LogP contribution is 2.39. The van der Waals surface area contributed by atoms with Gasteiger partial charge in [0, 0.05) is 36.1 Å². The van der Waals surface area contributed by atoms with Crippen LogP contribution in [0.5, 0.6) is 0 Å². The van der Waals surface area contributed by atoms with E-state index in [0.717, 1.165) is 42.8 Å². The molecule has 1 aliphatic carbocycles. The number of nitrogens with one attached hydrogen (secondary N) is 2. The Balaban J connectivity index is 0.00000320. The Bertz CT molecular complexity index is 781. The summed E-state index contributed by atoms with van der Waals surface area (Å²) in [4.78, 5) is 11.8. The predicted molar refractivity (Wildman–Crippen MR) is 124 cm³/mol. The summed E-state index contributed by atoms with van der Waals surface area (Å²) >= 11 is 6.18. The molecule has 3 rings (SSSR count). The molecule has 1 saturated carbocycles. The molecule has 2 aromatic carbocycles. The molecule has 2 aromatic rings. The average Bonchev–Trinajstić information content (AvgIpc) is 2.76. The second-order valence-electron chi connectivity index (χ2n) is 7.71. The summed E-state index contributed by atoms with van der Waals surface area (Å²) in [5.74, 6) is 0. The zero-order chi connectivity index (χ0) is 20.5. The van der Waals surface area contributed by atoms with Crippen LogP contribution in [0.15, 0.2) is 54.6 Å². The molecule has 1 amide bonds. The minimum atomic E-state index is -0.387. The number of carbonyl (C=O) groups excluding carboxylic acids is 1. The number of hydrogen-bond acceptors (Lipinski definition) is 4. The molecule has 0 atom stereocenters. The van der Waals surface area contributed by atoms with Crippen LogP contribution in [0.4, 0.5) is 4.79 Å². The second-order valence-corrected chi connectivity index (χ2v) is 8.15. The fraction of sp³-hybridized carbons (Fsp3) is 0.435. The minimum absolute atomic E-state index is 0. The van der Waals surface area contributed by atoms with E-state index >= 15 is 0 Å². The van der Waals surface area contributed by atoms with Gasteiger partial charge in [0.2, 0.25) is 0 Å². The lowest BCUT2D eigenvalue weighted by Gasteiger charge is -2.40. The molecule has 30 heavy (non-hydrogen) atoms. The Kier molecular flexibility index (Phi) is 9.92. The van der Waals surface area contributed by atoms with Crippen molar-refractivity contribution >= 4 is 30.1 Å². The van der Waals surface area contributed by atoms with Crippen LogP contribution in [0.1, 0.15) is 36.8 Å². The van der Waals surface area contributed by atoms with Crippen LogP contribution >= 0.6 is 24.0 Å². The van der Waals surface area contributed by atoms with Gasteiger partial charge in [0.15, 0.2) is 0 Å². The van der Waals surface area contributed by atoms with E-state index in [1.165, 1.54) is 5.56 Å². The minimum Gasteiger partial charge on any atom is -0.445 e. The van der Waals surface area contributed by atoms with Crippen LogP contribution in [0, 0.1) is 0 Å². The number of nitrogens with two attached hydrogens (primary N) is 1. The monoisotopic (exact) mass is 451 g/mol. The van der Waals surface area contributed by atoms with E-state index in [-0.39, 0.29) is 30.5 Å². The van der Waals surface area contributed by atoms with Gasteiger partial charge in [0.25, 0.3) is 0 Å². The van der Waals surface area contributed by atoms with Gasteiger partial charge < -0.3 is 21.1 Å². The molecular formula is C23H31Cl2N3O2. The molecule has 5 nitrogen and oxygen atoms in total. The summed E-state index contributed by atoms with van der Waals surface area (Å²) in [5, 5.41) is 7.10. The van der Waals surface area contributed by atoms with Gasteiger partial charge in [0.1, 0.15) is 6.61 Å². The summed E-state index contributed by atoms with van der Waals surface area (Å²) in [7, 11) is 0. The highest BCUT2D eigenvalue weighted by molar-refractivity contribution is 6.30. The van der Waals surface area contributed by atoms with E-state index in [9.17, 15) is 4.79 Å². The van der Waals surface area contributed by atoms with Crippen LogP contribution in [-0.4, -0.2) is 31.8 Å². The highest BCUT2D eigenvalue weighted by Gasteiger charge is 2.35. The molecule has 7 heteroatoms. The zero-order valence-electron chi connectivity index (χ0n) is 17.1. The third-order valence-electron chi connectivity index (χ3n) is 5.81. The Morgan fingerprint density at radius 1 is 1.10 bits per heavy atom. The van der Waals surface area contributed by atoms with E-state index in [1.54, 1.807) is 0 Å². The number of ether oxygens (including phenoxy) is 1. The van der Waals surface area contributed by atoms with Crippen molar-refractivity contribution in [3.63, 3.8) is 0 Å². The first-order valence-electron chi connectivity index (χ1n) is 10.3. The lowest BCUT2D eigenvalue weighted by Crippen LogP contribution is -2.45. The number of halogens is 2. The lowest BCUT2D eigenvalue weighted by molar-refractivity contribution is 0.139. The second kappa shape index (κ2) is 12.2. The standard InChI is InChI=1S/C23H30ClN3O2.ClH/c24-20-8-4-7-19(15-20)23(17-25)11-9-21(10-12-23)26-13-14-27-22(28)29-16-18-5-2-1-3-6-18;/h1-8,15,21,26H,9-14,16-17,25H2,(H,27,28);1H/t21-,23+;. The van der Waals surface area contributed by atoms with E-state index in [0.29, 0.717) is 19.1 Å². The largest absolute Gasteiger partial charge is 0.445 e. The number of amides is 1. The van der Waals surface area contributed by atoms with Crippen LogP contribution in [0.3, 0.4) is 0 Å². The summed E-state index contributed by atoms with van der Waals surface area (Å²) in [6.07, 6.45) is 3.80. The van der Waals surface area contributed by atoms with Gasteiger partial charge >= 0.3 is 6.09 Å². The van der Waals surface area contributed by atoms with Gasteiger partial charge in [-0.15, -0.1) is 12.4 Å². The number of hydrogen-bond donors (Lipinski definition) is 3. The first-order chi connectivity index (χ1) is 14.1. The lowest BCUT2D eigenvalue weighted by atomic mass is 9.68. The van der Waals surface area contributed by atoms with Crippen LogP contribution in [0.2, 0.25) is 5.02 Å². The van der Waals surface area contributed by atoms with Gasteiger partial charge in [-0.1, -0.05) is 54.1 Å². The Hall–Kier alpha value is -1.79. The van der Waals surface area contributed by atoms with E-state index in [4.69, 9.17) is 22.1 Å². The van der Waals surface area contributed by atoms with Crippen molar-refractivity contribution < 1.29 is 9.53 Å². The third kappa shape index (κ3) is 6.88. The van der Waals surface area contributed by atoms with E-state index < -0.39 is 0 Å². The van der Waals surface area contributed by atoms with Gasteiger partial charge in [0.05, 0.1) is 0 Å². The van der Waals surface area contributed by atoms with Crippen molar-refractivity contribution in [3.05, 3.63) is 70.7 Å². The quantitative estimate of drug-likeness (QED) is 0.519. The molecule has 4 N–H and O–H groups in total. The van der Waals surface area contributed by atoms with Crippen molar-refractivity contribution in [2.75, 3.05) is 19.6 Å². The Morgan fingerprint density at radius 3 is 2.50 bits per heavy atom. The molecule has 0 heterocycles. The maximum atomic E-state index is 11.8. The van der Waals surface area contributed by atoms with Gasteiger partial charge in [-0.2, -0.15) is 0 Å². The molecule has 0 spiro atoms. The van der Waals surface area contributed by atoms with E-state index in [1.807, 2.05) is 48.5 Å².